The molecule has 74 valence electrons. The minimum atomic E-state index is 0.509. The van der Waals surface area contributed by atoms with Gasteiger partial charge in [0.05, 0.1) is 11.9 Å². The third kappa shape index (κ3) is 2.76. The average Bonchev–Trinajstić information content (AvgIpc) is 2.49. The quantitative estimate of drug-likeness (QED) is 0.772. The largest absolute Gasteiger partial charge is 0.380 e. The highest BCUT2D eigenvalue weighted by atomic mass is 15.3. The molecule has 0 spiro atoms. The van der Waals surface area contributed by atoms with E-state index in [9.17, 15) is 0 Å². The Morgan fingerprint density at radius 1 is 1.54 bits per heavy atom. The Bertz CT molecular complexity index is 254. The predicted molar refractivity (Wildman–Crippen MR) is 55.7 cm³/mol. The summed E-state index contributed by atoms with van der Waals surface area (Å²) in [6, 6.07) is 0.509. The zero-order valence-electron chi connectivity index (χ0n) is 8.91. The van der Waals surface area contributed by atoms with Crippen molar-refractivity contribution in [1.29, 1.82) is 0 Å². The molecule has 13 heavy (non-hydrogen) atoms. The summed E-state index contributed by atoms with van der Waals surface area (Å²) in [6.45, 7) is 6.68. The smallest absolute Gasteiger partial charge is 0.0728 e. The summed E-state index contributed by atoms with van der Waals surface area (Å²) in [7, 11) is 1.93. The maximum Gasteiger partial charge on any atom is 0.0728 e. The Hall–Kier alpha value is -0.990. The Balaban J connectivity index is 2.49. The van der Waals surface area contributed by atoms with Gasteiger partial charge < -0.3 is 5.32 Å². The Kier molecular flexibility index (Phi) is 3.34. The lowest BCUT2D eigenvalue weighted by atomic mass is 10.0. The van der Waals surface area contributed by atoms with Gasteiger partial charge in [0.15, 0.2) is 0 Å². The van der Waals surface area contributed by atoms with Gasteiger partial charge in [-0.25, -0.2) is 0 Å². The van der Waals surface area contributed by atoms with E-state index >= 15 is 0 Å². The molecule has 0 aromatic carbocycles. The van der Waals surface area contributed by atoms with Gasteiger partial charge in [-0.3, -0.25) is 4.68 Å². The van der Waals surface area contributed by atoms with Gasteiger partial charge in [0, 0.05) is 19.3 Å². The molecule has 0 aliphatic rings. The minimum absolute atomic E-state index is 0.509. The predicted octanol–water partition coefficient (Wildman–Crippen LogP) is 2.27. The molecule has 0 aliphatic carbocycles. The SMILES string of the molecule is CC[C@H](C)[C@@H](C)Nc1cnn(C)c1. The van der Waals surface area contributed by atoms with Gasteiger partial charge in [-0.05, 0) is 12.8 Å². The van der Waals surface area contributed by atoms with E-state index in [-0.39, 0.29) is 0 Å². The summed E-state index contributed by atoms with van der Waals surface area (Å²) in [4.78, 5) is 0. The van der Waals surface area contributed by atoms with E-state index in [2.05, 4.69) is 31.2 Å². The lowest BCUT2D eigenvalue weighted by Crippen LogP contribution is -2.22. The molecular formula is C10H19N3. The first kappa shape index (κ1) is 10.1. The molecule has 0 amide bonds. The summed E-state index contributed by atoms with van der Waals surface area (Å²) < 4.78 is 1.81. The Labute approximate surface area is 80.1 Å². The second kappa shape index (κ2) is 4.30. The standard InChI is InChI=1S/C10H19N3/c1-5-8(2)9(3)12-10-6-11-13(4)7-10/h6-9,12H,5H2,1-4H3/t8-,9+/m0/s1. The van der Waals surface area contributed by atoms with Gasteiger partial charge in [0.1, 0.15) is 0 Å². The van der Waals surface area contributed by atoms with Crippen molar-refractivity contribution in [3.05, 3.63) is 12.4 Å². The van der Waals surface area contributed by atoms with E-state index in [1.807, 2.05) is 24.1 Å². The molecule has 0 saturated heterocycles. The molecule has 0 radical (unpaired) electrons. The molecule has 2 atom stereocenters. The van der Waals surface area contributed by atoms with Crippen LogP contribution >= 0.6 is 0 Å². The normalized spacial score (nSPS) is 15.4. The van der Waals surface area contributed by atoms with Crippen molar-refractivity contribution in [2.45, 2.75) is 33.2 Å². The lowest BCUT2D eigenvalue weighted by molar-refractivity contribution is 0.494. The van der Waals surface area contributed by atoms with Crippen LogP contribution in [0.5, 0.6) is 0 Å². The van der Waals surface area contributed by atoms with Crippen LogP contribution < -0.4 is 5.32 Å². The first-order valence-electron chi connectivity index (χ1n) is 4.88. The van der Waals surface area contributed by atoms with Crippen LogP contribution in [0, 0.1) is 5.92 Å². The first-order valence-corrected chi connectivity index (χ1v) is 4.88. The molecule has 1 aromatic heterocycles. The minimum Gasteiger partial charge on any atom is -0.380 e. The maximum absolute atomic E-state index is 4.11. The van der Waals surface area contributed by atoms with Crippen LogP contribution in [-0.2, 0) is 7.05 Å². The van der Waals surface area contributed by atoms with Crippen LogP contribution in [0.3, 0.4) is 0 Å². The van der Waals surface area contributed by atoms with Crippen LogP contribution in [0.2, 0.25) is 0 Å². The van der Waals surface area contributed by atoms with Crippen molar-refractivity contribution in [3.8, 4) is 0 Å². The van der Waals surface area contributed by atoms with Crippen LogP contribution in [0.4, 0.5) is 5.69 Å². The van der Waals surface area contributed by atoms with Gasteiger partial charge in [-0.1, -0.05) is 20.3 Å². The number of hydrogen-bond acceptors (Lipinski definition) is 2. The zero-order chi connectivity index (χ0) is 9.84. The number of nitrogens with one attached hydrogen (secondary N) is 1. The lowest BCUT2D eigenvalue weighted by Gasteiger charge is -2.19. The third-order valence-corrected chi connectivity index (χ3v) is 2.60. The second-order valence-corrected chi connectivity index (χ2v) is 3.72. The van der Waals surface area contributed by atoms with Gasteiger partial charge >= 0.3 is 0 Å². The molecule has 3 nitrogen and oxygen atoms in total. The molecule has 0 bridgehead atoms. The van der Waals surface area contributed by atoms with Crippen LogP contribution in [-0.4, -0.2) is 15.8 Å². The summed E-state index contributed by atoms with van der Waals surface area (Å²) in [5.41, 5.74) is 1.11. The van der Waals surface area contributed by atoms with E-state index < -0.39 is 0 Å². The molecule has 1 aromatic rings. The number of rotatable bonds is 4. The van der Waals surface area contributed by atoms with Crippen molar-refractivity contribution in [3.63, 3.8) is 0 Å². The van der Waals surface area contributed by atoms with Gasteiger partial charge in [-0.2, -0.15) is 5.10 Å². The third-order valence-electron chi connectivity index (χ3n) is 2.60. The maximum atomic E-state index is 4.11. The van der Waals surface area contributed by atoms with E-state index in [4.69, 9.17) is 0 Å². The summed E-state index contributed by atoms with van der Waals surface area (Å²) in [5, 5.41) is 7.54. The van der Waals surface area contributed by atoms with Crippen LogP contribution in [0.15, 0.2) is 12.4 Å². The first-order chi connectivity index (χ1) is 6.13. The Morgan fingerprint density at radius 3 is 2.69 bits per heavy atom. The summed E-state index contributed by atoms with van der Waals surface area (Å²) in [6.07, 6.45) is 5.06. The van der Waals surface area contributed by atoms with Crippen molar-refractivity contribution < 1.29 is 0 Å². The van der Waals surface area contributed by atoms with Crippen LogP contribution in [0.25, 0.3) is 0 Å². The molecule has 0 fully saturated rings. The molecule has 0 saturated carbocycles. The van der Waals surface area contributed by atoms with Crippen LogP contribution in [0.1, 0.15) is 27.2 Å². The molecule has 0 unspecified atom stereocenters. The van der Waals surface area contributed by atoms with E-state index in [1.54, 1.807) is 0 Å². The zero-order valence-corrected chi connectivity index (χ0v) is 8.91. The molecule has 1 heterocycles. The molecule has 3 heteroatoms. The molecule has 0 aliphatic heterocycles. The number of aromatic nitrogens is 2. The highest BCUT2D eigenvalue weighted by Gasteiger charge is 2.09. The van der Waals surface area contributed by atoms with E-state index in [0.717, 1.165) is 5.69 Å². The fraction of sp³-hybridized carbons (Fsp3) is 0.700. The monoisotopic (exact) mass is 181 g/mol. The van der Waals surface area contributed by atoms with Gasteiger partial charge in [-0.15, -0.1) is 0 Å². The highest BCUT2D eigenvalue weighted by molar-refractivity contribution is 5.39. The topological polar surface area (TPSA) is 29.9 Å². The number of nitrogens with zero attached hydrogens (tertiary/aromatic N) is 2. The van der Waals surface area contributed by atoms with Crippen molar-refractivity contribution in [2.75, 3.05) is 5.32 Å². The van der Waals surface area contributed by atoms with Gasteiger partial charge in [0.2, 0.25) is 0 Å². The second-order valence-electron chi connectivity index (χ2n) is 3.72. The van der Waals surface area contributed by atoms with E-state index in [0.29, 0.717) is 12.0 Å². The molecule has 1 N–H and O–H groups in total. The number of anilines is 1. The number of hydrogen-bond donors (Lipinski definition) is 1. The Morgan fingerprint density at radius 2 is 2.23 bits per heavy atom. The average molecular weight is 181 g/mol. The fourth-order valence-corrected chi connectivity index (χ4v) is 1.25. The number of aryl methyl sites for hydroxylation is 1. The van der Waals surface area contributed by atoms with Crippen molar-refractivity contribution in [2.24, 2.45) is 13.0 Å². The molecule has 1 rings (SSSR count). The van der Waals surface area contributed by atoms with Crippen molar-refractivity contribution >= 4 is 5.69 Å². The highest BCUT2D eigenvalue weighted by Crippen LogP contribution is 2.13. The fourth-order valence-electron chi connectivity index (χ4n) is 1.25. The van der Waals surface area contributed by atoms with E-state index in [1.165, 1.54) is 6.42 Å². The molecular weight excluding hydrogens is 162 g/mol. The summed E-state index contributed by atoms with van der Waals surface area (Å²) in [5.74, 6) is 0.695. The van der Waals surface area contributed by atoms with Crippen molar-refractivity contribution in [1.82, 2.24) is 9.78 Å². The summed E-state index contributed by atoms with van der Waals surface area (Å²) >= 11 is 0. The van der Waals surface area contributed by atoms with Gasteiger partial charge in [0.25, 0.3) is 0 Å².